The van der Waals surface area contributed by atoms with E-state index in [1.54, 1.807) is 0 Å². The van der Waals surface area contributed by atoms with Crippen molar-refractivity contribution >= 4 is 17.6 Å². The first-order valence-electron chi connectivity index (χ1n) is 5.28. The number of aliphatic carboxylic acids is 1. The number of rotatable bonds is 3. The van der Waals surface area contributed by atoms with Gasteiger partial charge in [0, 0.05) is 0 Å². The van der Waals surface area contributed by atoms with E-state index in [-0.39, 0.29) is 10.8 Å². The number of carbonyl (C=O) groups is 1. The SMILES string of the molecule is COc1c(F)cc(C2(C(=O)O)CCC2)cc1Cl. The van der Waals surface area contributed by atoms with Gasteiger partial charge in [0.25, 0.3) is 0 Å². The Labute approximate surface area is 103 Å². The molecule has 0 bridgehead atoms. The second kappa shape index (κ2) is 4.18. The highest BCUT2D eigenvalue weighted by Gasteiger charge is 2.46. The molecule has 0 unspecified atom stereocenters. The first-order valence-corrected chi connectivity index (χ1v) is 5.66. The van der Waals surface area contributed by atoms with Crippen LogP contribution in [-0.2, 0) is 10.2 Å². The number of benzene rings is 1. The lowest BCUT2D eigenvalue weighted by molar-refractivity contribution is -0.147. The highest BCUT2D eigenvalue weighted by atomic mass is 35.5. The van der Waals surface area contributed by atoms with Gasteiger partial charge >= 0.3 is 5.97 Å². The fourth-order valence-electron chi connectivity index (χ4n) is 2.19. The maximum Gasteiger partial charge on any atom is 0.314 e. The van der Waals surface area contributed by atoms with Crippen molar-refractivity contribution in [1.82, 2.24) is 0 Å². The number of carboxylic acid groups (broad SMARTS) is 1. The summed E-state index contributed by atoms with van der Waals surface area (Å²) in [7, 11) is 1.32. The highest BCUT2D eigenvalue weighted by molar-refractivity contribution is 6.32. The topological polar surface area (TPSA) is 46.5 Å². The quantitative estimate of drug-likeness (QED) is 0.907. The van der Waals surface area contributed by atoms with Gasteiger partial charge < -0.3 is 9.84 Å². The molecular formula is C12H12ClFO3. The number of carboxylic acids is 1. The molecule has 2 rings (SSSR count). The Morgan fingerprint density at radius 1 is 1.53 bits per heavy atom. The van der Waals surface area contributed by atoms with E-state index in [9.17, 15) is 14.3 Å². The first kappa shape index (κ1) is 12.2. The third kappa shape index (κ3) is 1.76. The fourth-order valence-corrected chi connectivity index (χ4v) is 2.47. The lowest BCUT2D eigenvalue weighted by Crippen LogP contribution is -2.42. The van der Waals surface area contributed by atoms with Gasteiger partial charge in [-0.3, -0.25) is 4.79 Å². The minimum absolute atomic E-state index is 0.0460. The molecule has 0 atom stereocenters. The highest BCUT2D eigenvalue weighted by Crippen LogP contribution is 2.46. The van der Waals surface area contributed by atoms with Crippen LogP contribution < -0.4 is 4.74 Å². The lowest BCUT2D eigenvalue weighted by atomic mass is 9.64. The van der Waals surface area contributed by atoms with E-state index in [2.05, 4.69) is 0 Å². The maximum absolute atomic E-state index is 13.7. The summed E-state index contributed by atoms with van der Waals surface area (Å²) in [4.78, 5) is 11.3. The lowest BCUT2D eigenvalue weighted by Gasteiger charge is -2.38. The summed E-state index contributed by atoms with van der Waals surface area (Å²) in [6.45, 7) is 0. The summed E-state index contributed by atoms with van der Waals surface area (Å²) in [5, 5.41) is 9.36. The van der Waals surface area contributed by atoms with E-state index in [0.29, 0.717) is 18.4 Å². The molecule has 1 aromatic rings. The van der Waals surface area contributed by atoms with Gasteiger partial charge in [-0.2, -0.15) is 0 Å². The third-order valence-electron chi connectivity index (χ3n) is 3.37. The normalized spacial score (nSPS) is 17.4. The van der Waals surface area contributed by atoms with E-state index in [0.717, 1.165) is 6.42 Å². The largest absolute Gasteiger partial charge is 0.492 e. The Balaban J connectivity index is 2.50. The molecule has 92 valence electrons. The molecule has 5 heteroatoms. The minimum atomic E-state index is -0.975. The average molecular weight is 259 g/mol. The summed E-state index contributed by atoms with van der Waals surface area (Å²) in [5.41, 5.74) is -0.559. The number of hydrogen-bond acceptors (Lipinski definition) is 2. The van der Waals surface area contributed by atoms with Crippen molar-refractivity contribution < 1.29 is 19.0 Å². The van der Waals surface area contributed by atoms with Crippen LogP contribution in [0.3, 0.4) is 0 Å². The van der Waals surface area contributed by atoms with Crippen LogP contribution in [0, 0.1) is 5.82 Å². The second-order valence-corrected chi connectivity index (χ2v) is 4.62. The maximum atomic E-state index is 13.7. The fraction of sp³-hybridized carbons (Fsp3) is 0.417. The van der Waals surface area contributed by atoms with Crippen LogP contribution in [0.5, 0.6) is 5.75 Å². The van der Waals surface area contributed by atoms with Crippen LogP contribution in [0.15, 0.2) is 12.1 Å². The minimum Gasteiger partial charge on any atom is -0.492 e. The van der Waals surface area contributed by atoms with Crippen LogP contribution in [0.1, 0.15) is 24.8 Å². The van der Waals surface area contributed by atoms with Gasteiger partial charge in [0.05, 0.1) is 17.5 Å². The molecule has 0 aliphatic heterocycles. The van der Waals surface area contributed by atoms with Crippen molar-refractivity contribution in [3.8, 4) is 5.75 Å². The van der Waals surface area contributed by atoms with Crippen LogP contribution >= 0.6 is 11.6 Å². The van der Waals surface area contributed by atoms with Gasteiger partial charge in [-0.05, 0) is 30.5 Å². The Morgan fingerprint density at radius 2 is 2.18 bits per heavy atom. The van der Waals surface area contributed by atoms with Crippen LogP contribution in [0.2, 0.25) is 5.02 Å². The van der Waals surface area contributed by atoms with Gasteiger partial charge in [0.2, 0.25) is 0 Å². The van der Waals surface area contributed by atoms with E-state index in [1.165, 1.54) is 19.2 Å². The summed E-state index contributed by atoms with van der Waals surface area (Å²) >= 11 is 5.87. The molecule has 0 radical (unpaired) electrons. The Kier molecular flexibility index (Phi) is 3.00. The molecule has 3 nitrogen and oxygen atoms in total. The van der Waals surface area contributed by atoms with Gasteiger partial charge in [-0.1, -0.05) is 18.0 Å². The molecular weight excluding hydrogens is 247 g/mol. The van der Waals surface area contributed by atoms with Crippen molar-refractivity contribution in [2.45, 2.75) is 24.7 Å². The summed E-state index contributed by atoms with van der Waals surface area (Å²) in [6, 6.07) is 2.69. The number of hydrogen-bond donors (Lipinski definition) is 1. The zero-order valence-electron chi connectivity index (χ0n) is 9.30. The molecule has 17 heavy (non-hydrogen) atoms. The van der Waals surface area contributed by atoms with Crippen molar-refractivity contribution in [2.75, 3.05) is 7.11 Å². The Morgan fingerprint density at radius 3 is 2.53 bits per heavy atom. The van der Waals surface area contributed by atoms with Gasteiger partial charge in [-0.25, -0.2) is 4.39 Å². The number of halogens is 2. The summed E-state index contributed by atoms with van der Waals surface area (Å²) < 4.78 is 18.5. The molecule has 1 aliphatic carbocycles. The van der Waals surface area contributed by atoms with Crippen molar-refractivity contribution in [3.63, 3.8) is 0 Å². The van der Waals surface area contributed by atoms with Crippen molar-refractivity contribution in [1.29, 1.82) is 0 Å². The van der Waals surface area contributed by atoms with E-state index < -0.39 is 17.2 Å². The van der Waals surface area contributed by atoms with Gasteiger partial charge in [-0.15, -0.1) is 0 Å². The van der Waals surface area contributed by atoms with Gasteiger partial charge in [0.1, 0.15) is 0 Å². The Hall–Kier alpha value is -1.29. The molecule has 1 fully saturated rings. The molecule has 0 aromatic heterocycles. The first-order chi connectivity index (χ1) is 8.01. The monoisotopic (exact) mass is 258 g/mol. The second-order valence-electron chi connectivity index (χ2n) is 4.21. The summed E-state index contributed by atoms with van der Waals surface area (Å²) in [5.74, 6) is -1.60. The molecule has 0 amide bonds. The molecule has 1 aromatic carbocycles. The third-order valence-corrected chi connectivity index (χ3v) is 3.65. The van der Waals surface area contributed by atoms with Crippen LogP contribution in [0.4, 0.5) is 4.39 Å². The standard InChI is InChI=1S/C12H12ClFO3/c1-17-10-8(13)5-7(6-9(10)14)12(11(15)16)3-2-4-12/h5-6H,2-4H2,1H3,(H,15,16). The van der Waals surface area contributed by atoms with Crippen LogP contribution in [0.25, 0.3) is 0 Å². The zero-order chi connectivity index (χ0) is 12.6. The van der Waals surface area contributed by atoms with E-state index in [1.807, 2.05) is 0 Å². The number of ether oxygens (including phenoxy) is 1. The number of methoxy groups -OCH3 is 1. The molecule has 1 saturated carbocycles. The summed E-state index contributed by atoms with van der Waals surface area (Å²) in [6.07, 6.45) is 1.87. The Bertz CT molecular complexity index is 446. The molecule has 0 saturated heterocycles. The van der Waals surface area contributed by atoms with Crippen LogP contribution in [-0.4, -0.2) is 18.2 Å². The van der Waals surface area contributed by atoms with Crippen molar-refractivity contribution in [2.24, 2.45) is 0 Å². The molecule has 1 N–H and O–H groups in total. The average Bonchev–Trinajstić information content (AvgIpc) is 2.14. The molecule has 0 heterocycles. The molecule has 1 aliphatic rings. The predicted octanol–water partition coefficient (Wildman–Crippen LogP) is 2.99. The van der Waals surface area contributed by atoms with Gasteiger partial charge in [0.15, 0.2) is 11.6 Å². The smallest absolute Gasteiger partial charge is 0.314 e. The molecule has 0 spiro atoms. The van der Waals surface area contributed by atoms with E-state index >= 15 is 0 Å². The van der Waals surface area contributed by atoms with Crippen molar-refractivity contribution in [3.05, 3.63) is 28.5 Å². The zero-order valence-corrected chi connectivity index (χ0v) is 10.1. The van der Waals surface area contributed by atoms with E-state index in [4.69, 9.17) is 16.3 Å². The predicted molar refractivity (Wildman–Crippen MR) is 61.1 cm³/mol.